The summed E-state index contributed by atoms with van der Waals surface area (Å²) in [6.07, 6.45) is 4.86. The summed E-state index contributed by atoms with van der Waals surface area (Å²) in [7, 11) is 0. The first kappa shape index (κ1) is 16.6. The first-order valence-corrected chi connectivity index (χ1v) is 8.65. The Bertz CT molecular complexity index is 766. The highest BCUT2D eigenvalue weighted by Gasteiger charge is 2.23. The van der Waals surface area contributed by atoms with Crippen molar-refractivity contribution in [3.05, 3.63) is 41.9 Å². The smallest absolute Gasteiger partial charge is 0.248 e. The van der Waals surface area contributed by atoms with Gasteiger partial charge in [-0.1, -0.05) is 29.9 Å². The molecule has 0 spiro atoms. The van der Waals surface area contributed by atoms with Crippen molar-refractivity contribution in [3.8, 4) is 10.4 Å². The average molecular weight is 343 g/mol. The van der Waals surface area contributed by atoms with Crippen LogP contribution < -0.4 is 16.8 Å². The van der Waals surface area contributed by atoms with Gasteiger partial charge in [-0.2, -0.15) is 0 Å². The monoisotopic (exact) mass is 343 g/mol. The van der Waals surface area contributed by atoms with Crippen LogP contribution in [0.5, 0.6) is 0 Å². The summed E-state index contributed by atoms with van der Waals surface area (Å²) >= 11 is 1.23. The summed E-state index contributed by atoms with van der Waals surface area (Å²) in [5.74, 6) is -0.665. The normalized spacial score (nSPS) is 17.6. The van der Waals surface area contributed by atoms with Crippen molar-refractivity contribution in [1.29, 1.82) is 0 Å². The number of hydrogen-bond acceptors (Lipinski definition) is 6. The van der Waals surface area contributed by atoms with Gasteiger partial charge in [-0.05, 0) is 37.1 Å². The maximum Gasteiger partial charge on any atom is 0.248 e. The Morgan fingerprint density at radius 1 is 1.33 bits per heavy atom. The number of primary amides is 1. The molecule has 5 N–H and O–H groups in total. The van der Waals surface area contributed by atoms with E-state index in [9.17, 15) is 9.59 Å². The van der Waals surface area contributed by atoms with Crippen molar-refractivity contribution in [2.24, 2.45) is 5.73 Å². The van der Waals surface area contributed by atoms with E-state index in [2.05, 4.69) is 10.3 Å². The lowest BCUT2D eigenvalue weighted by Crippen LogP contribution is -2.36. The number of carbonyl (C=O) groups is 2. The second-order valence-corrected chi connectivity index (χ2v) is 6.79. The van der Waals surface area contributed by atoms with Gasteiger partial charge in [0, 0.05) is 11.6 Å². The Labute approximate surface area is 144 Å². The van der Waals surface area contributed by atoms with Gasteiger partial charge in [-0.3, -0.25) is 9.59 Å². The van der Waals surface area contributed by atoms with Crippen molar-refractivity contribution >= 4 is 28.2 Å². The molecular weight excluding hydrogens is 324 g/mol. The molecule has 125 valence electrons. The van der Waals surface area contributed by atoms with Gasteiger partial charge in [0.2, 0.25) is 5.91 Å². The minimum Gasteiger partial charge on any atom is -0.375 e. The standard InChI is InChI=1S/C17H19N4O2S/c18-16(23)11-5-3-4-10(8-11)15-14(21-17(19)24-15)13(22)9-12-6-1-2-7-20-12/h3-5,8-9,12,20H,1-2,6-7H2,(H2,18,23)(H2,19,21). The third-order valence-corrected chi connectivity index (χ3v) is 4.92. The number of benzene rings is 1. The van der Waals surface area contributed by atoms with Crippen LogP contribution in [0.1, 0.15) is 40.1 Å². The molecule has 1 atom stereocenters. The number of nitrogens with two attached hydrogens (primary N) is 2. The Kier molecular flexibility index (Phi) is 4.92. The second kappa shape index (κ2) is 7.11. The van der Waals surface area contributed by atoms with E-state index < -0.39 is 5.91 Å². The van der Waals surface area contributed by atoms with Gasteiger partial charge in [0.05, 0.1) is 11.3 Å². The van der Waals surface area contributed by atoms with E-state index in [0.29, 0.717) is 26.8 Å². The second-order valence-electron chi connectivity index (χ2n) is 5.76. The predicted octanol–water partition coefficient (Wildman–Crippen LogP) is 2.02. The van der Waals surface area contributed by atoms with E-state index in [1.54, 1.807) is 24.6 Å². The van der Waals surface area contributed by atoms with Crippen molar-refractivity contribution in [1.82, 2.24) is 10.3 Å². The SMILES string of the molecule is NC(=O)c1cccc(-c2sc(N)nc2C(=O)[CH]C2CCCCN2)c1. The Morgan fingerprint density at radius 3 is 2.88 bits per heavy atom. The number of carbonyl (C=O) groups excluding carboxylic acids is 2. The van der Waals surface area contributed by atoms with Crippen LogP contribution in [0.25, 0.3) is 10.4 Å². The van der Waals surface area contributed by atoms with Gasteiger partial charge < -0.3 is 16.8 Å². The summed E-state index contributed by atoms with van der Waals surface area (Å²) in [6.45, 7) is 0.918. The number of thiazole rings is 1. The number of nitrogens with zero attached hydrogens (tertiary/aromatic N) is 1. The molecule has 1 saturated heterocycles. The molecule has 1 unspecified atom stereocenters. The molecule has 1 aromatic heterocycles. The van der Waals surface area contributed by atoms with Crippen LogP contribution in [0.4, 0.5) is 5.13 Å². The largest absolute Gasteiger partial charge is 0.375 e. The van der Waals surface area contributed by atoms with Gasteiger partial charge in [0.25, 0.3) is 0 Å². The molecule has 0 bridgehead atoms. The zero-order chi connectivity index (χ0) is 17.1. The highest BCUT2D eigenvalue weighted by Crippen LogP contribution is 2.33. The number of piperidine rings is 1. The summed E-state index contributed by atoms with van der Waals surface area (Å²) in [5, 5.41) is 3.64. The molecule has 1 fully saturated rings. The van der Waals surface area contributed by atoms with Crippen molar-refractivity contribution < 1.29 is 9.59 Å². The quantitative estimate of drug-likeness (QED) is 0.719. The van der Waals surface area contributed by atoms with Crippen molar-refractivity contribution in [2.45, 2.75) is 25.3 Å². The minimum atomic E-state index is -0.514. The van der Waals surface area contributed by atoms with Crippen LogP contribution in [0, 0.1) is 6.42 Å². The number of ketones is 1. The molecule has 1 radical (unpaired) electrons. The van der Waals surface area contributed by atoms with Gasteiger partial charge in [-0.25, -0.2) is 4.98 Å². The molecule has 1 amide bonds. The molecule has 6 nitrogen and oxygen atoms in total. The molecule has 24 heavy (non-hydrogen) atoms. The number of Topliss-reactive ketones (excluding diaryl/α,β-unsaturated/α-hetero) is 1. The average Bonchev–Trinajstić information content (AvgIpc) is 2.98. The Balaban J connectivity index is 1.88. The summed E-state index contributed by atoms with van der Waals surface area (Å²) < 4.78 is 0. The van der Waals surface area contributed by atoms with Gasteiger partial charge in [-0.15, -0.1) is 0 Å². The summed E-state index contributed by atoms with van der Waals surface area (Å²) in [5.41, 5.74) is 12.6. The molecule has 1 aliphatic rings. The van der Waals surface area contributed by atoms with E-state index in [-0.39, 0.29) is 11.8 Å². The summed E-state index contributed by atoms with van der Waals surface area (Å²) in [6, 6.07) is 6.90. The van der Waals surface area contributed by atoms with Crippen LogP contribution in [0.3, 0.4) is 0 Å². The molecule has 2 aromatic rings. The zero-order valence-corrected chi connectivity index (χ0v) is 13.9. The predicted molar refractivity (Wildman–Crippen MR) is 94.8 cm³/mol. The van der Waals surface area contributed by atoms with E-state index in [1.807, 2.05) is 6.07 Å². The number of amides is 1. The molecule has 0 saturated carbocycles. The van der Waals surface area contributed by atoms with E-state index >= 15 is 0 Å². The fraction of sp³-hybridized carbons (Fsp3) is 0.294. The molecular formula is C17H19N4O2S. The van der Waals surface area contributed by atoms with Gasteiger partial charge in [0.15, 0.2) is 10.9 Å². The fourth-order valence-electron chi connectivity index (χ4n) is 2.80. The molecule has 3 rings (SSSR count). The van der Waals surface area contributed by atoms with E-state index in [0.717, 1.165) is 25.8 Å². The van der Waals surface area contributed by atoms with E-state index in [1.165, 1.54) is 11.3 Å². The minimum absolute atomic E-state index is 0.0685. The third kappa shape index (κ3) is 3.63. The first-order chi connectivity index (χ1) is 11.5. The lowest BCUT2D eigenvalue weighted by Gasteiger charge is -2.22. The summed E-state index contributed by atoms with van der Waals surface area (Å²) in [4.78, 5) is 28.9. The maximum atomic E-state index is 12.6. The third-order valence-electron chi connectivity index (χ3n) is 3.99. The number of anilines is 1. The van der Waals surface area contributed by atoms with Crippen molar-refractivity contribution in [2.75, 3.05) is 12.3 Å². The molecule has 1 aromatic carbocycles. The highest BCUT2D eigenvalue weighted by molar-refractivity contribution is 7.19. The highest BCUT2D eigenvalue weighted by atomic mass is 32.1. The lowest BCUT2D eigenvalue weighted by molar-refractivity contribution is 0.0996. The number of nitrogens with one attached hydrogen (secondary N) is 1. The Hall–Kier alpha value is -2.25. The Morgan fingerprint density at radius 2 is 2.17 bits per heavy atom. The first-order valence-electron chi connectivity index (χ1n) is 7.83. The van der Waals surface area contributed by atoms with Crippen LogP contribution in [0.15, 0.2) is 24.3 Å². The van der Waals surface area contributed by atoms with Crippen LogP contribution >= 0.6 is 11.3 Å². The lowest BCUT2D eigenvalue weighted by atomic mass is 9.98. The van der Waals surface area contributed by atoms with Crippen LogP contribution in [-0.2, 0) is 0 Å². The number of hydrogen-bond donors (Lipinski definition) is 3. The molecule has 7 heteroatoms. The fourth-order valence-corrected chi connectivity index (χ4v) is 3.63. The van der Waals surface area contributed by atoms with Gasteiger partial charge in [0.1, 0.15) is 5.69 Å². The van der Waals surface area contributed by atoms with Crippen LogP contribution in [0.2, 0.25) is 0 Å². The van der Waals surface area contributed by atoms with Crippen LogP contribution in [-0.4, -0.2) is 29.3 Å². The van der Waals surface area contributed by atoms with Crippen molar-refractivity contribution in [3.63, 3.8) is 0 Å². The molecule has 0 aliphatic carbocycles. The molecule has 2 heterocycles. The maximum absolute atomic E-state index is 12.6. The number of nitrogen functional groups attached to an aromatic ring is 1. The number of aromatic nitrogens is 1. The molecule has 1 aliphatic heterocycles. The van der Waals surface area contributed by atoms with Gasteiger partial charge >= 0.3 is 0 Å². The van der Waals surface area contributed by atoms with E-state index in [4.69, 9.17) is 11.5 Å². The zero-order valence-electron chi connectivity index (χ0n) is 13.1. The number of rotatable bonds is 5. The topological polar surface area (TPSA) is 111 Å².